The first kappa shape index (κ1) is 32.4. The molecular formula is C31H42N5O6P. The fraction of sp³-hybridized carbons (Fsp3) is 0.452. The lowest BCUT2D eigenvalue weighted by Gasteiger charge is -2.30. The summed E-state index contributed by atoms with van der Waals surface area (Å²) in [5.74, 6) is 0.423. The van der Waals surface area contributed by atoms with Crippen LogP contribution in [0, 0.1) is 5.92 Å². The number of imidazole rings is 1. The molecular weight excluding hydrogens is 569 g/mol. The number of hydrogen-bond donors (Lipinski definition) is 2. The van der Waals surface area contributed by atoms with Gasteiger partial charge in [0.1, 0.15) is 35.3 Å². The van der Waals surface area contributed by atoms with Crippen molar-refractivity contribution in [1.82, 2.24) is 19.6 Å². The van der Waals surface area contributed by atoms with Crippen molar-refractivity contribution >= 4 is 41.5 Å². The molecule has 0 aliphatic heterocycles. The third kappa shape index (κ3) is 7.92. The van der Waals surface area contributed by atoms with Crippen molar-refractivity contribution in [2.45, 2.75) is 72.8 Å². The fourth-order valence-corrected chi connectivity index (χ4v) is 6.37. The Hall–Kier alpha value is -3.50. The van der Waals surface area contributed by atoms with E-state index in [4.69, 9.17) is 29.2 Å². The summed E-state index contributed by atoms with van der Waals surface area (Å²) in [6.07, 6.45) is 0. The van der Waals surface area contributed by atoms with Crippen LogP contribution in [-0.2, 0) is 30.0 Å². The molecule has 0 aliphatic rings. The van der Waals surface area contributed by atoms with E-state index in [-0.39, 0.29) is 19.1 Å². The SMILES string of the molecule is CCOCc1nc2c(N)nc3ccccc3c2n1[C@@H](C)CO[P@@](=O)(N[C@H](C(=O)OC(C)(C)C)C(C)C)Oc1ccccc1. The van der Waals surface area contributed by atoms with Crippen LogP contribution in [0.25, 0.3) is 21.9 Å². The second-order valence-electron chi connectivity index (χ2n) is 11.7. The Kier molecular flexibility index (Phi) is 10.1. The van der Waals surface area contributed by atoms with Gasteiger partial charge in [-0.25, -0.2) is 14.5 Å². The van der Waals surface area contributed by atoms with Gasteiger partial charge < -0.3 is 24.3 Å². The first-order valence-electron chi connectivity index (χ1n) is 14.4. The zero-order chi connectivity index (χ0) is 31.4. The summed E-state index contributed by atoms with van der Waals surface area (Å²) < 4.78 is 39.8. The minimum absolute atomic E-state index is 0.0582. The number of anilines is 1. The van der Waals surface area contributed by atoms with E-state index in [9.17, 15) is 9.36 Å². The number of aromatic nitrogens is 3. The van der Waals surface area contributed by atoms with Gasteiger partial charge in [0.25, 0.3) is 0 Å². The summed E-state index contributed by atoms with van der Waals surface area (Å²) >= 11 is 0. The van der Waals surface area contributed by atoms with E-state index in [0.29, 0.717) is 29.5 Å². The maximum Gasteiger partial charge on any atom is 0.459 e. The van der Waals surface area contributed by atoms with Gasteiger partial charge in [-0.15, -0.1) is 0 Å². The number of fused-ring (bicyclic) bond motifs is 3. The number of nitrogens with one attached hydrogen (secondary N) is 1. The highest BCUT2D eigenvalue weighted by molar-refractivity contribution is 7.52. The number of benzene rings is 2. The van der Waals surface area contributed by atoms with Gasteiger partial charge in [-0.3, -0.25) is 9.32 Å². The van der Waals surface area contributed by atoms with Crippen LogP contribution in [0.4, 0.5) is 5.82 Å². The predicted molar refractivity (Wildman–Crippen MR) is 168 cm³/mol. The Balaban J connectivity index is 1.71. The Morgan fingerprint density at radius 1 is 1.05 bits per heavy atom. The zero-order valence-corrected chi connectivity index (χ0v) is 26.8. The summed E-state index contributed by atoms with van der Waals surface area (Å²) in [7, 11) is -4.13. The number of carbonyl (C=O) groups is 1. The van der Waals surface area contributed by atoms with Crippen LogP contribution in [0.5, 0.6) is 5.75 Å². The average molecular weight is 612 g/mol. The highest BCUT2D eigenvalue weighted by Crippen LogP contribution is 2.46. The Morgan fingerprint density at radius 3 is 2.37 bits per heavy atom. The molecule has 12 heteroatoms. The van der Waals surface area contributed by atoms with Crippen molar-refractivity contribution in [3.8, 4) is 5.75 Å². The Morgan fingerprint density at radius 2 is 1.72 bits per heavy atom. The molecule has 0 aliphatic carbocycles. The van der Waals surface area contributed by atoms with Gasteiger partial charge in [-0.05, 0) is 58.7 Å². The van der Waals surface area contributed by atoms with Crippen LogP contribution in [0.2, 0.25) is 0 Å². The van der Waals surface area contributed by atoms with Gasteiger partial charge in [0.2, 0.25) is 0 Å². The van der Waals surface area contributed by atoms with Crippen LogP contribution in [0.3, 0.4) is 0 Å². The van der Waals surface area contributed by atoms with E-state index in [1.807, 2.05) is 62.6 Å². The Bertz CT molecular complexity index is 1600. The van der Waals surface area contributed by atoms with E-state index >= 15 is 0 Å². The van der Waals surface area contributed by atoms with Crippen LogP contribution in [0.15, 0.2) is 54.6 Å². The summed E-state index contributed by atoms with van der Waals surface area (Å²) in [6, 6.07) is 15.0. The number of nitrogens with two attached hydrogens (primary N) is 1. The highest BCUT2D eigenvalue weighted by atomic mass is 31.2. The molecule has 0 radical (unpaired) electrons. The van der Waals surface area contributed by atoms with E-state index in [2.05, 4.69) is 10.1 Å². The van der Waals surface area contributed by atoms with Crippen molar-refractivity contribution in [2.24, 2.45) is 5.92 Å². The molecule has 0 saturated heterocycles. The number of esters is 1. The van der Waals surface area contributed by atoms with E-state index < -0.39 is 31.4 Å². The molecule has 2 aromatic heterocycles. The molecule has 4 aromatic rings. The molecule has 0 amide bonds. The minimum atomic E-state index is -4.13. The summed E-state index contributed by atoms with van der Waals surface area (Å²) in [4.78, 5) is 22.5. The quantitative estimate of drug-likeness (QED) is 0.128. The number of para-hydroxylation sites is 2. The Labute approximate surface area is 252 Å². The second-order valence-corrected chi connectivity index (χ2v) is 13.4. The first-order valence-corrected chi connectivity index (χ1v) is 16.0. The third-order valence-electron chi connectivity index (χ3n) is 6.58. The molecule has 0 bridgehead atoms. The van der Waals surface area contributed by atoms with Crippen LogP contribution in [-0.4, -0.2) is 45.4 Å². The lowest BCUT2D eigenvalue weighted by Crippen LogP contribution is -2.44. The highest BCUT2D eigenvalue weighted by Gasteiger charge is 2.38. The number of nitrogens with zero attached hydrogens (tertiary/aromatic N) is 3. The first-order chi connectivity index (χ1) is 20.3. The lowest BCUT2D eigenvalue weighted by atomic mass is 10.1. The molecule has 232 valence electrons. The normalized spacial score (nSPS) is 15.0. The molecule has 11 nitrogen and oxygen atoms in total. The fourth-order valence-electron chi connectivity index (χ4n) is 4.64. The van der Waals surface area contributed by atoms with Gasteiger partial charge in [0.15, 0.2) is 5.82 Å². The molecule has 2 heterocycles. The molecule has 43 heavy (non-hydrogen) atoms. The molecule has 0 fully saturated rings. The van der Waals surface area contributed by atoms with Crippen molar-refractivity contribution in [2.75, 3.05) is 18.9 Å². The van der Waals surface area contributed by atoms with Crippen molar-refractivity contribution in [3.05, 3.63) is 60.4 Å². The number of nitrogen functional groups attached to an aromatic ring is 1. The van der Waals surface area contributed by atoms with Gasteiger partial charge in [-0.2, -0.15) is 5.09 Å². The van der Waals surface area contributed by atoms with Gasteiger partial charge >= 0.3 is 13.7 Å². The molecule has 2 aromatic carbocycles. The lowest BCUT2D eigenvalue weighted by molar-refractivity contribution is -0.158. The number of hydrogen-bond acceptors (Lipinski definition) is 9. The molecule has 4 rings (SSSR count). The molecule has 3 N–H and O–H groups in total. The van der Waals surface area contributed by atoms with Crippen molar-refractivity contribution in [3.63, 3.8) is 0 Å². The molecule has 0 unspecified atom stereocenters. The number of carbonyl (C=O) groups excluding carboxylic acids is 1. The minimum Gasteiger partial charge on any atom is -0.459 e. The molecule has 0 saturated carbocycles. The number of ether oxygens (including phenoxy) is 2. The van der Waals surface area contributed by atoms with E-state index in [0.717, 1.165) is 16.4 Å². The molecule has 3 atom stereocenters. The van der Waals surface area contributed by atoms with Gasteiger partial charge in [-0.1, -0.05) is 50.2 Å². The van der Waals surface area contributed by atoms with Crippen molar-refractivity contribution < 1.29 is 27.9 Å². The smallest absolute Gasteiger partial charge is 0.459 e. The molecule has 0 spiro atoms. The van der Waals surface area contributed by atoms with E-state index in [1.54, 1.807) is 45.0 Å². The van der Waals surface area contributed by atoms with E-state index in [1.165, 1.54) is 0 Å². The number of pyridine rings is 1. The largest absolute Gasteiger partial charge is 0.459 e. The standard InChI is InChI=1S/C31H42N5O6P/c1-8-39-19-25-34-27-28(23-16-12-13-17-24(23)33-29(27)32)36(25)21(4)18-40-43(38,42-22-14-10-9-11-15-22)35-26(20(2)3)30(37)41-31(5,6)7/h9-17,20-21,26H,8,18-19H2,1-7H3,(H2,32,33)(H,35,38)/t21-,26-,43-/m0/s1. The monoisotopic (exact) mass is 611 g/mol. The summed E-state index contributed by atoms with van der Waals surface area (Å²) in [5, 5.41) is 3.74. The zero-order valence-electron chi connectivity index (χ0n) is 25.9. The van der Waals surface area contributed by atoms with Crippen molar-refractivity contribution in [1.29, 1.82) is 0 Å². The van der Waals surface area contributed by atoms with Gasteiger partial charge in [0.05, 0.1) is 23.7 Å². The summed E-state index contributed by atoms with van der Waals surface area (Å²) in [6.45, 7) is 13.5. The number of rotatable bonds is 13. The third-order valence-corrected chi connectivity index (χ3v) is 8.12. The van der Waals surface area contributed by atoms with Crippen LogP contribution < -0.4 is 15.3 Å². The maximum atomic E-state index is 14.4. The summed E-state index contributed by atoms with van der Waals surface area (Å²) in [5.41, 5.74) is 7.65. The predicted octanol–water partition coefficient (Wildman–Crippen LogP) is 6.42. The second kappa shape index (κ2) is 13.4. The average Bonchev–Trinajstić information content (AvgIpc) is 3.33. The van der Waals surface area contributed by atoms with Crippen LogP contribution in [0.1, 0.15) is 60.3 Å². The van der Waals surface area contributed by atoms with Gasteiger partial charge in [0, 0.05) is 12.0 Å². The van der Waals surface area contributed by atoms with Crippen LogP contribution >= 0.6 is 7.75 Å². The topological polar surface area (TPSA) is 140 Å². The maximum absolute atomic E-state index is 14.4.